The van der Waals surface area contributed by atoms with E-state index in [1.807, 2.05) is 41.8 Å². The number of hydrogen-bond acceptors (Lipinski definition) is 3. The molecule has 2 atom stereocenters. The highest BCUT2D eigenvalue weighted by Gasteiger charge is 2.33. The highest BCUT2D eigenvalue weighted by atomic mass is 16.2. The Morgan fingerprint density at radius 2 is 2.04 bits per heavy atom. The molecule has 0 bridgehead atoms. The van der Waals surface area contributed by atoms with Gasteiger partial charge in [0.05, 0.1) is 5.92 Å². The van der Waals surface area contributed by atoms with E-state index in [4.69, 9.17) is 0 Å². The Hall–Kier alpha value is -2.66. The summed E-state index contributed by atoms with van der Waals surface area (Å²) in [5, 5.41) is 5.76. The average molecular weight is 348 g/mol. The van der Waals surface area contributed by atoms with Gasteiger partial charge in [0.15, 0.2) is 0 Å². The second-order valence-corrected chi connectivity index (χ2v) is 6.98. The van der Waals surface area contributed by atoms with Gasteiger partial charge in [0.1, 0.15) is 11.9 Å². The smallest absolute Gasteiger partial charge is 0.230 e. The number of nitrogens with zero attached hydrogens (tertiary/aromatic N) is 3. The SMILES string of the molecule is CC(C(=O)N1CCNCC1c1nccn1C)c1ccc2ccccc2c1. The van der Waals surface area contributed by atoms with Crippen LogP contribution in [-0.2, 0) is 11.8 Å². The summed E-state index contributed by atoms with van der Waals surface area (Å²) in [7, 11) is 1.98. The van der Waals surface area contributed by atoms with Crippen LogP contribution in [0.2, 0.25) is 0 Å². The number of aryl methyl sites for hydroxylation is 1. The Labute approximate surface area is 153 Å². The third-order valence-corrected chi connectivity index (χ3v) is 5.33. The minimum Gasteiger partial charge on any atom is -0.336 e. The monoisotopic (exact) mass is 348 g/mol. The van der Waals surface area contributed by atoms with E-state index in [0.29, 0.717) is 6.54 Å². The molecular formula is C21H24N4O. The maximum absolute atomic E-state index is 13.3. The van der Waals surface area contributed by atoms with Crippen LogP contribution in [0.1, 0.15) is 30.3 Å². The second-order valence-electron chi connectivity index (χ2n) is 6.98. The number of carbonyl (C=O) groups is 1. The van der Waals surface area contributed by atoms with Crippen LogP contribution >= 0.6 is 0 Å². The average Bonchev–Trinajstić information content (AvgIpc) is 3.12. The number of fused-ring (bicyclic) bond motifs is 1. The lowest BCUT2D eigenvalue weighted by atomic mass is 9.95. The van der Waals surface area contributed by atoms with E-state index in [1.165, 1.54) is 10.8 Å². The standard InChI is InChI=1S/C21H24N4O/c1-15(17-8-7-16-5-3-4-6-18(16)13-17)21(26)25-12-9-22-14-19(25)20-23-10-11-24(20)2/h3-8,10-11,13,15,19,22H,9,12,14H2,1-2H3. The zero-order valence-electron chi connectivity index (χ0n) is 15.2. The molecule has 2 unspecified atom stereocenters. The zero-order chi connectivity index (χ0) is 18.1. The first-order chi connectivity index (χ1) is 12.6. The molecule has 5 nitrogen and oxygen atoms in total. The van der Waals surface area contributed by atoms with Crippen LogP contribution in [0.25, 0.3) is 10.8 Å². The number of carbonyl (C=O) groups excluding carboxylic acids is 1. The summed E-state index contributed by atoms with van der Waals surface area (Å²) in [6.07, 6.45) is 3.72. The van der Waals surface area contributed by atoms with E-state index in [0.717, 1.165) is 24.5 Å². The van der Waals surface area contributed by atoms with E-state index in [-0.39, 0.29) is 17.9 Å². The first-order valence-electron chi connectivity index (χ1n) is 9.12. The highest BCUT2D eigenvalue weighted by Crippen LogP contribution is 2.28. The van der Waals surface area contributed by atoms with Crippen molar-refractivity contribution in [1.29, 1.82) is 0 Å². The van der Waals surface area contributed by atoms with Crippen molar-refractivity contribution in [3.8, 4) is 0 Å². The summed E-state index contributed by atoms with van der Waals surface area (Å²) in [5.41, 5.74) is 1.06. The molecule has 2 aromatic carbocycles. The van der Waals surface area contributed by atoms with Gasteiger partial charge in [0.25, 0.3) is 0 Å². The topological polar surface area (TPSA) is 50.2 Å². The van der Waals surface area contributed by atoms with Crippen molar-refractivity contribution < 1.29 is 4.79 Å². The quantitative estimate of drug-likeness (QED) is 0.792. The Morgan fingerprint density at radius 3 is 2.81 bits per heavy atom. The van der Waals surface area contributed by atoms with Gasteiger partial charge in [-0.05, 0) is 23.3 Å². The minimum absolute atomic E-state index is 0.0286. The number of piperazine rings is 1. The summed E-state index contributed by atoms with van der Waals surface area (Å²) in [5.74, 6) is 0.909. The molecule has 5 heteroatoms. The fourth-order valence-electron chi connectivity index (χ4n) is 3.77. The van der Waals surface area contributed by atoms with Crippen LogP contribution in [0, 0.1) is 0 Å². The van der Waals surface area contributed by atoms with Crippen molar-refractivity contribution in [2.24, 2.45) is 7.05 Å². The predicted octanol–water partition coefficient (Wildman–Crippen LogP) is 2.85. The molecule has 1 amide bonds. The Bertz CT molecular complexity index is 932. The van der Waals surface area contributed by atoms with Gasteiger partial charge in [-0.3, -0.25) is 4.79 Å². The van der Waals surface area contributed by atoms with E-state index in [2.05, 4.69) is 40.6 Å². The van der Waals surface area contributed by atoms with Crippen molar-refractivity contribution in [2.45, 2.75) is 18.9 Å². The van der Waals surface area contributed by atoms with Crippen LogP contribution < -0.4 is 5.32 Å². The summed E-state index contributed by atoms with van der Waals surface area (Å²) in [4.78, 5) is 19.8. The molecule has 1 aliphatic heterocycles. The molecule has 1 fully saturated rings. The Morgan fingerprint density at radius 1 is 1.23 bits per heavy atom. The van der Waals surface area contributed by atoms with Gasteiger partial charge < -0.3 is 14.8 Å². The lowest BCUT2D eigenvalue weighted by molar-refractivity contribution is -0.136. The lowest BCUT2D eigenvalue weighted by Gasteiger charge is -2.37. The van der Waals surface area contributed by atoms with Gasteiger partial charge >= 0.3 is 0 Å². The molecule has 0 spiro atoms. The minimum atomic E-state index is -0.180. The number of benzene rings is 2. The number of amides is 1. The fraction of sp³-hybridized carbons (Fsp3) is 0.333. The van der Waals surface area contributed by atoms with Gasteiger partial charge in [-0.2, -0.15) is 0 Å². The first kappa shape index (κ1) is 16.8. The summed E-state index contributed by atoms with van der Waals surface area (Å²) in [6, 6.07) is 14.5. The molecule has 3 aromatic rings. The Balaban J connectivity index is 1.62. The van der Waals surface area contributed by atoms with Crippen molar-refractivity contribution in [1.82, 2.24) is 19.8 Å². The molecule has 0 aliphatic carbocycles. The van der Waals surface area contributed by atoms with Crippen molar-refractivity contribution in [3.05, 3.63) is 66.2 Å². The van der Waals surface area contributed by atoms with Crippen molar-refractivity contribution in [3.63, 3.8) is 0 Å². The molecule has 1 N–H and O–H groups in total. The largest absolute Gasteiger partial charge is 0.336 e. The van der Waals surface area contributed by atoms with Gasteiger partial charge in [-0.1, -0.05) is 42.5 Å². The van der Waals surface area contributed by atoms with Gasteiger partial charge in [-0.15, -0.1) is 0 Å². The van der Waals surface area contributed by atoms with Gasteiger partial charge in [0.2, 0.25) is 5.91 Å². The third-order valence-electron chi connectivity index (χ3n) is 5.33. The van der Waals surface area contributed by atoms with E-state index in [1.54, 1.807) is 6.20 Å². The van der Waals surface area contributed by atoms with E-state index >= 15 is 0 Å². The second kappa shape index (κ2) is 6.92. The van der Waals surface area contributed by atoms with Crippen molar-refractivity contribution in [2.75, 3.05) is 19.6 Å². The molecule has 1 aromatic heterocycles. The third kappa shape index (κ3) is 2.99. The van der Waals surface area contributed by atoms with Gasteiger partial charge in [0, 0.05) is 39.1 Å². The predicted molar refractivity (Wildman–Crippen MR) is 103 cm³/mol. The zero-order valence-corrected chi connectivity index (χ0v) is 15.2. The number of hydrogen-bond donors (Lipinski definition) is 1. The molecule has 2 heterocycles. The van der Waals surface area contributed by atoms with Gasteiger partial charge in [-0.25, -0.2) is 4.98 Å². The maximum Gasteiger partial charge on any atom is 0.230 e. The summed E-state index contributed by atoms with van der Waals surface area (Å²) in [6.45, 7) is 4.26. The van der Waals surface area contributed by atoms with E-state index < -0.39 is 0 Å². The molecule has 1 saturated heterocycles. The fourth-order valence-corrected chi connectivity index (χ4v) is 3.77. The lowest BCUT2D eigenvalue weighted by Crippen LogP contribution is -2.50. The number of rotatable bonds is 3. The molecule has 1 aliphatic rings. The van der Waals surface area contributed by atoms with Crippen LogP contribution in [0.4, 0.5) is 0 Å². The first-order valence-corrected chi connectivity index (χ1v) is 9.12. The molecule has 134 valence electrons. The normalized spacial score (nSPS) is 18.8. The van der Waals surface area contributed by atoms with Crippen molar-refractivity contribution >= 4 is 16.7 Å². The number of imidazole rings is 1. The van der Waals surface area contributed by atoms with Crippen LogP contribution in [0.5, 0.6) is 0 Å². The van der Waals surface area contributed by atoms with Crippen LogP contribution in [0.15, 0.2) is 54.9 Å². The molecule has 26 heavy (non-hydrogen) atoms. The molecule has 0 saturated carbocycles. The molecule has 0 radical (unpaired) electrons. The summed E-state index contributed by atoms with van der Waals surface area (Å²) >= 11 is 0. The number of nitrogens with one attached hydrogen (secondary N) is 1. The maximum atomic E-state index is 13.3. The van der Waals surface area contributed by atoms with E-state index in [9.17, 15) is 4.79 Å². The molecular weight excluding hydrogens is 324 g/mol. The van der Waals surface area contributed by atoms with Crippen LogP contribution in [0.3, 0.4) is 0 Å². The number of aromatic nitrogens is 2. The molecule has 4 rings (SSSR count). The Kier molecular flexibility index (Phi) is 4.47. The van der Waals surface area contributed by atoms with Crippen LogP contribution in [-0.4, -0.2) is 40.0 Å². The highest BCUT2D eigenvalue weighted by molar-refractivity contribution is 5.88. The summed E-state index contributed by atoms with van der Waals surface area (Å²) < 4.78 is 2.00.